The van der Waals surface area contributed by atoms with Gasteiger partial charge in [-0.15, -0.1) is 0 Å². The highest BCUT2D eigenvalue weighted by molar-refractivity contribution is 5.68. The molecule has 0 aliphatic carbocycles. The van der Waals surface area contributed by atoms with Crippen LogP contribution in [0.25, 0.3) is 0 Å². The van der Waals surface area contributed by atoms with E-state index >= 15 is 0 Å². The summed E-state index contributed by atoms with van der Waals surface area (Å²) in [7, 11) is 0. The smallest absolute Gasteiger partial charge is 0.434 e. The number of ether oxygens (including phenoxy) is 4. The van der Waals surface area contributed by atoms with Crippen molar-refractivity contribution in [3.8, 4) is 11.5 Å². The molecule has 0 amide bonds. The lowest BCUT2D eigenvalue weighted by Crippen LogP contribution is -2.16. The highest BCUT2D eigenvalue weighted by Crippen LogP contribution is 2.27. The van der Waals surface area contributed by atoms with Gasteiger partial charge < -0.3 is 18.9 Å². The Morgan fingerprint density at radius 2 is 1.55 bits per heavy atom. The Morgan fingerprint density at radius 1 is 1.00 bits per heavy atom. The Hall–Kier alpha value is -2.24. The zero-order chi connectivity index (χ0) is 16.4. The lowest BCUT2D eigenvalue weighted by Gasteiger charge is -2.11. The lowest BCUT2D eigenvalue weighted by atomic mass is 10.2. The first-order valence-electron chi connectivity index (χ1n) is 7.31. The molecule has 0 N–H and O–H groups in total. The van der Waals surface area contributed by atoms with E-state index in [4.69, 9.17) is 18.9 Å². The quantitative estimate of drug-likeness (QED) is 0.427. The SMILES string of the molecule is CCCCOC(=O)Oc1ccccc1OC(=O)OCC(C)C. The maximum Gasteiger partial charge on any atom is 0.513 e. The van der Waals surface area contributed by atoms with Crippen LogP contribution in [0.1, 0.15) is 33.6 Å². The van der Waals surface area contributed by atoms with Gasteiger partial charge in [0.1, 0.15) is 0 Å². The summed E-state index contributed by atoms with van der Waals surface area (Å²) in [5, 5.41) is 0. The molecule has 0 radical (unpaired) electrons. The molecule has 22 heavy (non-hydrogen) atoms. The molecule has 0 aliphatic heterocycles. The van der Waals surface area contributed by atoms with Crippen LogP contribution >= 0.6 is 0 Å². The van der Waals surface area contributed by atoms with Crippen LogP contribution in [0.2, 0.25) is 0 Å². The molecule has 1 rings (SSSR count). The molecular weight excluding hydrogens is 288 g/mol. The van der Waals surface area contributed by atoms with Gasteiger partial charge in [0.25, 0.3) is 0 Å². The van der Waals surface area contributed by atoms with Crippen molar-refractivity contribution >= 4 is 12.3 Å². The van der Waals surface area contributed by atoms with E-state index in [0.717, 1.165) is 12.8 Å². The molecule has 0 spiro atoms. The van der Waals surface area contributed by atoms with Gasteiger partial charge in [0.2, 0.25) is 0 Å². The molecule has 0 saturated heterocycles. The molecular formula is C16H22O6. The summed E-state index contributed by atoms with van der Waals surface area (Å²) >= 11 is 0. The van der Waals surface area contributed by atoms with E-state index in [-0.39, 0.29) is 30.6 Å². The number of hydrogen-bond acceptors (Lipinski definition) is 6. The number of unbranched alkanes of at least 4 members (excludes halogenated alkanes) is 1. The third-order valence-corrected chi connectivity index (χ3v) is 2.49. The number of carbonyl (C=O) groups is 2. The second-order valence-electron chi connectivity index (χ2n) is 5.06. The molecule has 0 bridgehead atoms. The molecule has 122 valence electrons. The predicted molar refractivity (Wildman–Crippen MR) is 80.1 cm³/mol. The molecule has 0 unspecified atom stereocenters. The van der Waals surface area contributed by atoms with Crippen molar-refractivity contribution in [2.75, 3.05) is 13.2 Å². The van der Waals surface area contributed by atoms with Crippen LogP contribution in [-0.4, -0.2) is 25.5 Å². The maximum atomic E-state index is 11.5. The van der Waals surface area contributed by atoms with E-state index in [9.17, 15) is 9.59 Å². The third kappa shape index (κ3) is 6.97. The Bertz CT molecular complexity index is 483. The predicted octanol–water partition coefficient (Wildman–Crippen LogP) is 4.17. The van der Waals surface area contributed by atoms with Crippen LogP contribution in [0, 0.1) is 5.92 Å². The number of hydrogen-bond donors (Lipinski definition) is 0. The Balaban J connectivity index is 2.57. The molecule has 6 heteroatoms. The van der Waals surface area contributed by atoms with Gasteiger partial charge in [-0.1, -0.05) is 39.3 Å². The molecule has 0 atom stereocenters. The Labute approximate surface area is 130 Å². The largest absolute Gasteiger partial charge is 0.513 e. The fourth-order valence-corrected chi connectivity index (χ4v) is 1.39. The van der Waals surface area contributed by atoms with Crippen LogP contribution in [-0.2, 0) is 9.47 Å². The van der Waals surface area contributed by atoms with Crippen molar-refractivity contribution in [2.45, 2.75) is 33.6 Å². The molecule has 6 nitrogen and oxygen atoms in total. The first-order chi connectivity index (χ1) is 10.5. The van der Waals surface area contributed by atoms with E-state index in [2.05, 4.69) is 0 Å². The number of benzene rings is 1. The maximum absolute atomic E-state index is 11.5. The van der Waals surface area contributed by atoms with Crippen molar-refractivity contribution in [1.29, 1.82) is 0 Å². The van der Waals surface area contributed by atoms with Gasteiger partial charge in [-0.05, 0) is 24.5 Å². The molecule has 0 aromatic heterocycles. The number of para-hydroxylation sites is 2. The topological polar surface area (TPSA) is 71.1 Å². The average Bonchev–Trinajstić information content (AvgIpc) is 2.47. The number of rotatable bonds is 7. The Morgan fingerprint density at radius 3 is 2.05 bits per heavy atom. The monoisotopic (exact) mass is 310 g/mol. The van der Waals surface area contributed by atoms with Gasteiger partial charge in [0.15, 0.2) is 11.5 Å². The minimum Gasteiger partial charge on any atom is -0.434 e. The van der Waals surface area contributed by atoms with Crippen molar-refractivity contribution in [2.24, 2.45) is 5.92 Å². The van der Waals surface area contributed by atoms with Crippen molar-refractivity contribution in [3.05, 3.63) is 24.3 Å². The van der Waals surface area contributed by atoms with Crippen LogP contribution in [0.5, 0.6) is 11.5 Å². The second kappa shape index (κ2) is 9.65. The van der Waals surface area contributed by atoms with Crippen LogP contribution in [0.3, 0.4) is 0 Å². The lowest BCUT2D eigenvalue weighted by molar-refractivity contribution is 0.0827. The van der Waals surface area contributed by atoms with Crippen LogP contribution in [0.4, 0.5) is 9.59 Å². The Kier molecular flexibility index (Phi) is 7.81. The molecule has 0 heterocycles. The van der Waals surface area contributed by atoms with E-state index in [1.807, 2.05) is 20.8 Å². The van der Waals surface area contributed by atoms with Gasteiger partial charge in [-0.25, -0.2) is 9.59 Å². The minimum absolute atomic E-state index is 0.101. The third-order valence-electron chi connectivity index (χ3n) is 2.49. The summed E-state index contributed by atoms with van der Waals surface area (Å²) in [6.45, 7) is 6.35. The summed E-state index contributed by atoms with van der Waals surface area (Å²) in [6.07, 6.45) is -0.00663. The summed E-state index contributed by atoms with van der Waals surface area (Å²) < 4.78 is 19.9. The van der Waals surface area contributed by atoms with Crippen LogP contribution in [0.15, 0.2) is 24.3 Å². The zero-order valence-corrected chi connectivity index (χ0v) is 13.2. The van der Waals surface area contributed by atoms with Gasteiger partial charge >= 0.3 is 12.3 Å². The standard InChI is InChI=1S/C16H22O6/c1-4-5-10-19-15(17)21-13-8-6-7-9-14(13)22-16(18)20-11-12(2)3/h6-9,12H,4-5,10-11H2,1-3H3. The average molecular weight is 310 g/mol. The van der Waals surface area contributed by atoms with E-state index in [0.29, 0.717) is 0 Å². The highest BCUT2D eigenvalue weighted by atomic mass is 16.7. The summed E-state index contributed by atoms with van der Waals surface area (Å²) in [4.78, 5) is 23.1. The molecule has 0 fully saturated rings. The summed E-state index contributed by atoms with van der Waals surface area (Å²) in [6, 6.07) is 6.32. The first-order valence-corrected chi connectivity index (χ1v) is 7.31. The highest BCUT2D eigenvalue weighted by Gasteiger charge is 2.15. The van der Waals surface area contributed by atoms with Gasteiger partial charge in [-0.2, -0.15) is 0 Å². The van der Waals surface area contributed by atoms with E-state index in [1.165, 1.54) is 12.1 Å². The van der Waals surface area contributed by atoms with Crippen LogP contribution < -0.4 is 9.47 Å². The summed E-state index contributed by atoms with van der Waals surface area (Å²) in [5.74, 6) is 0.404. The molecule has 0 saturated carbocycles. The van der Waals surface area contributed by atoms with E-state index < -0.39 is 12.3 Å². The molecule has 0 aliphatic rings. The minimum atomic E-state index is -0.843. The van der Waals surface area contributed by atoms with E-state index in [1.54, 1.807) is 12.1 Å². The molecule has 1 aromatic carbocycles. The van der Waals surface area contributed by atoms with Gasteiger partial charge in [-0.3, -0.25) is 0 Å². The van der Waals surface area contributed by atoms with Crippen molar-refractivity contribution in [3.63, 3.8) is 0 Å². The zero-order valence-electron chi connectivity index (χ0n) is 13.2. The fraction of sp³-hybridized carbons (Fsp3) is 0.500. The van der Waals surface area contributed by atoms with Crippen molar-refractivity contribution in [1.82, 2.24) is 0 Å². The summed E-state index contributed by atoms with van der Waals surface area (Å²) in [5.41, 5.74) is 0. The fourth-order valence-electron chi connectivity index (χ4n) is 1.39. The number of carbonyl (C=O) groups excluding carboxylic acids is 2. The van der Waals surface area contributed by atoms with Crippen molar-refractivity contribution < 1.29 is 28.5 Å². The first kappa shape index (κ1) is 17.8. The normalized spacial score (nSPS) is 10.2. The second-order valence-corrected chi connectivity index (χ2v) is 5.06. The van der Waals surface area contributed by atoms with Gasteiger partial charge in [0.05, 0.1) is 13.2 Å². The van der Waals surface area contributed by atoms with Gasteiger partial charge in [0, 0.05) is 0 Å². The molecule has 1 aromatic rings.